The van der Waals surface area contributed by atoms with E-state index in [0.29, 0.717) is 41.7 Å². The predicted octanol–water partition coefficient (Wildman–Crippen LogP) is 5.22. The highest BCUT2D eigenvalue weighted by atomic mass is 16.5. The Morgan fingerprint density at radius 3 is 2.53 bits per heavy atom. The van der Waals surface area contributed by atoms with E-state index in [4.69, 9.17) is 14.2 Å². The number of benzene rings is 3. The van der Waals surface area contributed by atoms with Crippen LogP contribution in [0, 0.1) is 11.3 Å². The predicted molar refractivity (Wildman–Crippen MR) is 124 cm³/mol. The second-order valence-corrected chi connectivity index (χ2v) is 6.77. The van der Waals surface area contributed by atoms with Gasteiger partial charge in [0.2, 0.25) is 0 Å². The summed E-state index contributed by atoms with van der Waals surface area (Å²) in [5, 5.41) is 12.2. The highest BCUT2D eigenvalue weighted by Gasteiger charge is 2.12. The normalized spacial score (nSPS) is 10.7. The first-order valence-corrected chi connectivity index (χ1v) is 10.1. The highest BCUT2D eigenvalue weighted by molar-refractivity contribution is 6.09. The van der Waals surface area contributed by atoms with E-state index in [0.717, 1.165) is 5.56 Å². The van der Waals surface area contributed by atoms with Crippen molar-refractivity contribution in [2.24, 2.45) is 0 Å². The van der Waals surface area contributed by atoms with Gasteiger partial charge in [-0.3, -0.25) is 4.79 Å². The molecule has 0 aliphatic rings. The van der Waals surface area contributed by atoms with Gasteiger partial charge in [-0.1, -0.05) is 42.5 Å². The van der Waals surface area contributed by atoms with Crippen LogP contribution in [0.15, 0.2) is 78.4 Å². The Labute approximate surface area is 187 Å². The van der Waals surface area contributed by atoms with Crippen LogP contribution >= 0.6 is 0 Å². The van der Waals surface area contributed by atoms with E-state index in [9.17, 15) is 10.1 Å². The molecule has 32 heavy (non-hydrogen) atoms. The van der Waals surface area contributed by atoms with Crippen LogP contribution in [0.4, 0.5) is 5.69 Å². The number of hydrogen-bond acceptors (Lipinski definition) is 5. The van der Waals surface area contributed by atoms with Crippen molar-refractivity contribution in [1.29, 1.82) is 5.26 Å². The lowest BCUT2D eigenvalue weighted by Crippen LogP contribution is -2.13. The zero-order valence-electron chi connectivity index (χ0n) is 18.0. The molecule has 0 fully saturated rings. The molecule has 0 saturated heterocycles. The van der Waals surface area contributed by atoms with Crippen molar-refractivity contribution in [2.45, 2.75) is 13.5 Å². The molecule has 0 spiro atoms. The molecule has 0 saturated carbocycles. The summed E-state index contributed by atoms with van der Waals surface area (Å²) in [5.74, 6) is 1.22. The van der Waals surface area contributed by atoms with E-state index in [1.165, 1.54) is 6.08 Å². The molecule has 3 aromatic carbocycles. The molecule has 1 amide bonds. The largest absolute Gasteiger partial charge is 0.494 e. The third-order valence-corrected chi connectivity index (χ3v) is 4.50. The quantitative estimate of drug-likeness (QED) is 0.373. The Morgan fingerprint density at radius 2 is 1.81 bits per heavy atom. The fourth-order valence-corrected chi connectivity index (χ4v) is 2.97. The van der Waals surface area contributed by atoms with Gasteiger partial charge in [0.05, 0.1) is 13.7 Å². The maximum atomic E-state index is 12.6. The third kappa shape index (κ3) is 6.13. The number of ether oxygens (including phenoxy) is 3. The van der Waals surface area contributed by atoms with Gasteiger partial charge in [0.25, 0.3) is 5.91 Å². The van der Waals surface area contributed by atoms with E-state index in [2.05, 4.69) is 5.32 Å². The molecular formula is C26H24N2O4. The summed E-state index contributed by atoms with van der Waals surface area (Å²) in [6, 6.07) is 24.0. The van der Waals surface area contributed by atoms with Crippen LogP contribution in [0.3, 0.4) is 0 Å². The number of anilines is 1. The number of methoxy groups -OCH3 is 1. The number of amides is 1. The van der Waals surface area contributed by atoms with Crippen LogP contribution in [0.2, 0.25) is 0 Å². The Morgan fingerprint density at radius 1 is 1.00 bits per heavy atom. The summed E-state index contributed by atoms with van der Waals surface area (Å²) in [7, 11) is 1.54. The van der Waals surface area contributed by atoms with Crippen molar-refractivity contribution in [3.8, 4) is 23.3 Å². The zero-order valence-corrected chi connectivity index (χ0v) is 18.0. The average Bonchev–Trinajstić information content (AvgIpc) is 2.82. The first-order chi connectivity index (χ1) is 15.6. The summed E-state index contributed by atoms with van der Waals surface area (Å²) in [4.78, 5) is 12.6. The molecule has 0 unspecified atom stereocenters. The van der Waals surface area contributed by atoms with Crippen LogP contribution in [0.5, 0.6) is 17.2 Å². The standard InChI is InChI=1S/C26H24N2O4/c1-3-31-23-11-7-10-22(16-23)28-26(29)21(17-27)14-20-12-13-24(25(15-20)30-2)32-18-19-8-5-4-6-9-19/h4-16H,3,18H2,1-2H3,(H,28,29)/b21-14+. The van der Waals surface area contributed by atoms with E-state index >= 15 is 0 Å². The lowest BCUT2D eigenvalue weighted by atomic mass is 10.1. The average molecular weight is 428 g/mol. The highest BCUT2D eigenvalue weighted by Crippen LogP contribution is 2.30. The van der Waals surface area contributed by atoms with Crippen LogP contribution < -0.4 is 19.5 Å². The smallest absolute Gasteiger partial charge is 0.266 e. The lowest BCUT2D eigenvalue weighted by molar-refractivity contribution is -0.112. The molecule has 0 bridgehead atoms. The molecular weight excluding hydrogens is 404 g/mol. The summed E-state index contributed by atoms with van der Waals surface area (Å²) in [6.07, 6.45) is 1.51. The number of rotatable bonds is 9. The summed E-state index contributed by atoms with van der Waals surface area (Å²) in [5.41, 5.74) is 2.19. The van der Waals surface area contributed by atoms with Gasteiger partial charge in [0.1, 0.15) is 24.0 Å². The molecule has 0 aromatic heterocycles. The van der Waals surface area contributed by atoms with Gasteiger partial charge in [0, 0.05) is 11.8 Å². The fourth-order valence-electron chi connectivity index (χ4n) is 2.97. The molecule has 0 aliphatic carbocycles. The number of nitrogens with one attached hydrogen (secondary N) is 1. The molecule has 162 valence electrons. The molecule has 6 heteroatoms. The van der Waals surface area contributed by atoms with Gasteiger partial charge >= 0.3 is 0 Å². The minimum Gasteiger partial charge on any atom is -0.494 e. The van der Waals surface area contributed by atoms with Gasteiger partial charge in [0.15, 0.2) is 11.5 Å². The molecule has 1 N–H and O–H groups in total. The first kappa shape index (κ1) is 22.4. The van der Waals surface area contributed by atoms with E-state index in [1.54, 1.807) is 49.6 Å². The second kappa shape index (κ2) is 11.2. The zero-order chi connectivity index (χ0) is 22.8. The maximum absolute atomic E-state index is 12.6. The van der Waals surface area contributed by atoms with Gasteiger partial charge in [-0.25, -0.2) is 0 Å². The topological polar surface area (TPSA) is 80.6 Å². The molecule has 0 aliphatic heterocycles. The minimum absolute atomic E-state index is 0.0354. The number of carbonyl (C=O) groups excluding carboxylic acids is 1. The second-order valence-electron chi connectivity index (χ2n) is 6.77. The van der Waals surface area contributed by atoms with Crippen LogP contribution in [0.25, 0.3) is 6.08 Å². The third-order valence-electron chi connectivity index (χ3n) is 4.50. The summed E-state index contributed by atoms with van der Waals surface area (Å²) in [6.45, 7) is 2.81. The van der Waals surface area contributed by atoms with Crippen molar-refractivity contribution < 1.29 is 19.0 Å². The van der Waals surface area contributed by atoms with Crippen LogP contribution in [0.1, 0.15) is 18.1 Å². The van der Waals surface area contributed by atoms with Gasteiger partial charge < -0.3 is 19.5 Å². The van der Waals surface area contributed by atoms with E-state index < -0.39 is 5.91 Å². The molecule has 0 radical (unpaired) electrons. The van der Waals surface area contributed by atoms with E-state index in [1.807, 2.05) is 43.3 Å². The SMILES string of the molecule is CCOc1cccc(NC(=O)/C(C#N)=C/c2ccc(OCc3ccccc3)c(OC)c2)c1. The molecule has 3 rings (SSSR count). The summed E-state index contributed by atoms with van der Waals surface area (Å²) >= 11 is 0. The van der Waals surface area contributed by atoms with Crippen molar-refractivity contribution in [1.82, 2.24) is 0 Å². The Kier molecular flexibility index (Phi) is 7.88. The van der Waals surface area contributed by atoms with Crippen LogP contribution in [-0.4, -0.2) is 19.6 Å². The van der Waals surface area contributed by atoms with Gasteiger partial charge in [-0.15, -0.1) is 0 Å². The fraction of sp³-hybridized carbons (Fsp3) is 0.154. The van der Waals surface area contributed by atoms with Crippen molar-refractivity contribution >= 4 is 17.7 Å². The Balaban J connectivity index is 1.74. The summed E-state index contributed by atoms with van der Waals surface area (Å²) < 4.78 is 16.7. The van der Waals surface area contributed by atoms with Crippen LogP contribution in [-0.2, 0) is 11.4 Å². The molecule has 6 nitrogen and oxygen atoms in total. The molecule has 3 aromatic rings. The first-order valence-electron chi connectivity index (χ1n) is 10.1. The van der Waals surface area contributed by atoms with Crippen molar-refractivity contribution in [3.63, 3.8) is 0 Å². The number of nitrogens with zero attached hydrogens (tertiary/aromatic N) is 1. The van der Waals surface area contributed by atoms with Crippen molar-refractivity contribution in [2.75, 3.05) is 19.0 Å². The maximum Gasteiger partial charge on any atom is 0.266 e. The molecule has 0 heterocycles. The minimum atomic E-state index is -0.510. The number of carbonyl (C=O) groups is 1. The van der Waals surface area contributed by atoms with Gasteiger partial charge in [-0.05, 0) is 48.4 Å². The monoisotopic (exact) mass is 428 g/mol. The van der Waals surface area contributed by atoms with Gasteiger partial charge in [-0.2, -0.15) is 5.26 Å². The Bertz CT molecular complexity index is 1130. The van der Waals surface area contributed by atoms with Crippen molar-refractivity contribution in [3.05, 3.63) is 89.5 Å². The molecule has 0 atom stereocenters. The lowest BCUT2D eigenvalue weighted by Gasteiger charge is -2.12. The Hall–Kier alpha value is -4.24. The number of hydrogen-bond donors (Lipinski definition) is 1. The van der Waals surface area contributed by atoms with E-state index in [-0.39, 0.29) is 5.57 Å². The number of nitriles is 1.